The highest BCUT2D eigenvalue weighted by molar-refractivity contribution is 7.98. The van der Waals surface area contributed by atoms with Crippen LogP contribution >= 0.6 is 11.8 Å². The van der Waals surface area contributed by atoms with E-state index in [4.69, 9.17) is 4.42 Å². The molecule has 2 rings (SSSR count). The van der Waals surface area contributed by atoms with E-state index in [2.05, 4.69) is 0 Å². The summed E-state index contributed by atoms with van der Waals surface area (Å²) in [6, 6.07) is 3.75. The summed E-state index contributed by atoms with van der Waals surface area (Å²) in [5.74, 6) is 0.519. The van der Waals surface area contributed by atoms with E-state index in [1.54, 1.807) is 6.07 Å². The van der Waals surface area contributed by atoms with Crippen molar-refractivity contribution >= 4 is 17.7 Å². The van der Waals surface area contributed by atoms with Gasteiger partial charge in [-0.3, -0.25) is 4.79 Å². The van der Waals surface area contributed by atoms with Gasteiger partial charge in [0.25, 0.3) is 5.91 Å². The molecular weight excluding hydrogens is 250 g/mol. The molecule has 5 heteroatoms. The first-order valence-electron chi connectivity index (χ1n) is 6.21. The first-order chi connectivity index (χ1) is 8.65. The van der Waals surface area contributed by atoms with Crippen LogP contribution in [0.1, 0.15) is 30.3 Å². The summed E-state index contributed by atoms with van der Waals surface area (Å²) in [4.78, 5) is 14.2. The maximum Gasteiger partial charge on any atom is 0.289 e. The molecule has 0 aliphatic carbocycles. The van der Waals surface area contributed by atoms with Gasteiger partial charge in [-0.25, -0.2) is 0 Å². The number of furan rings is 1. The number of rotatable bonds is 3. The Morgan fingerprint density at radius 1 is 1.56 bits per heavy atom. The van der Waals surface area contributed by atoms with Gasteiger partial charge >= 0.3 is 0 Å². The number of piperidine rings is 1. The molecular formula is C13H19NO3S. The molecule has 1 aromatic heterocycles. The Morgan fingerprint density at radius 2 is 2.33 bits per heavy atom. The summed E-state index contributed by atoms with van der Waals surface area (Å²) in [6.07, 6.45) is 3.83. The van der Waals surface area contributed by atoms with E-state index in [1.807, 2.05) is 24.1 Å². The largest absolute Gasteiger partial charge is 0.445 e. The summed E-state index contributed by atoms with van der Waals surface area (Å²) in [5.41, 5.74) is 0. The molecule has 100 valence electrons. The van der Waals surface area contributed by atoms with Crippen molar-refractivity contribution in [3.8, 4) is 0 Å². The highest BCUT2D eigenvalue weighted by Gasteiger charge is 2.30. The minimum Gasteiger partial charge on any atom is -0.445 e. The van der Waals surface area contributed by atoms with Gasteiger partial charge in [0, 0.05) is 19.2 Å². The zero-order valence-electron chi connectivity index (χ0n) is 10.8. The fourth-order valence-electron chi connectivity index (χ4n) is 2.30. The highest BCUT2D eigenvalue weighted by atomic mass is 32.2. The zero-order chi connectivity index (χ0) is 13.1. The highest BCUT2D eigenvalue weighted by Crippen LogP contribution is 2.25. The van der Waals surface area contributed by atoms with Crippen LogP contribution in [0.25, 0.3) is 0 Å². The topological polar surface area (TPSA) is 53.7 Å². The molecule has 1 aliphatic heterocycles. The summed E-state index contributed by atoms with van der Waals surface area (Å²) in [6.45, 7) is 2.81. The van der Waals surface area contributed by atoms with Crippen LogP contribution in [-0.4, -0.2) is 41.4 Å². The van der Waals surface area contributed by atoms with Gasteiger partial charge in [0.2, 0.25) is 0 Å². The summed E-state index contributed by atoms with van der Waals surface area (Å²) < 4.78 is 5.47. The van der Waals surface area contributed by atoms with Gasteiger partial charge in [-0.15, -0.1) is 0 Å². The lowest BCUT2D eigenvalue weighted by molar-refractivity contribution is 0.0455. The predicted octanol–water partition coefficient (Wildman–Crippen LogP) is 2.23. The number of carbonyl (C=O) groups is 1. The molecule has 0 aromatic carbocycles. The van der Waals surface area contributed by atoms with E-state index >= 15 is 0 Å². The maximum absolute atomic E-state index is 12.3. The van der Waals surface area contributed by atoms with E-state index in [1.165, 1.54) is 11.8 Å². The molecule has 0 spiro atoms. The molecule has 2 unspecified atom stereocenters. The van der Waals surface area contributed by atoms with Gasteiger partial charge in [-0.05, 0) is 44.1 Å². The van der Waals surface area contributed by atoms with Crippen LogP contribution in [0.3, 0.4) is 0 Å². The SMILES string of the molecule is CSc1ccc(C(=O)N2CC(CO)CCC2C)o1. The molecule has 1 saturated heterocycles. The Labute approximate surface area is 111 Å². The molecule has 18 heavy (non-hydrogen) atoms. The van der Waals surface area contributed by atoms with E-state index in [-0.39, 0.29) is 24.5 Å². The third-order valence-electron chi connectivity index (χ3n) is 3.49. The second-order valence-corrected chi connectivity index (χ2v) is 5.57. The molecule has 1 N–H and O–H groups in total. The maximum atomic E-state index is 12.3. The third kappa shape index (κ3) is 2.72. The molecule has 1 fully saturated rings. The number of hydrogen-bond acceptors (Lipinski definition) is 4. The lowest BCUT2D eigenvalue weighted by Crippen LogP contribution is -2.46. The Balaban J connectivity index is 2.11. The fraction of sp³-hybridized carbons (Fsp3) is 0.615. The minimum atomic E-state index is -0.0686. The number of aliphatic hydroxyl groups is 1. The van der Waals surface area contributed by atoms with Crippen LogP contribution in [0.5, 0.6) is 0 Å². The fourth-order valence-corrected chi connectivity index (χ4v) is 2.68. The van der Waals surface area contributed by atoms with E-state index in [0.717, 1.165) is 17.9 Å². The molecule has 4 nitrogen and oxygen atoms in total. The van der Waals surface area contributed by atoms with Crippen molar-refractivity contribution in [3.63, 3.8) is 0 Å². The number of thioether (sulfide) groups is 1. The van der Waals surface area contributed by atoms with Crippen molar-refractivity contribution in [3.05, 3.63) is 17.9 Å². The quantitative estimate of drug-likeness (QED) is 0.855. The third-order valence-corrected chi connectivity index (χ3v) is 4.11. The Kier molecular flexibility index (Phi) is 4.35. The van der Waals surface area contributed by atoms with Gasteiger partial charge in [0.05, 0.1) is 0 Å². The first kappa shape index (κ1) is 13.5. The lowest BCUT2D eigenvalue weighted by atomic mass is 9.94. The van der Waals surface area contributed by atoms with Crippen LogP contribution in [-0.2, 0) is 0 Å². The number of hydrogen-bond donors (Lipinski definition) is 1. The Bertz CT molecular complexity index is 418. The number of amides is 1. The summed E-state index contributed by atoms with van der Waals surface area (Å²) in [7, 11) is 0. The molecule has 2 atom stereocenters. The van der Waals surface area contributed by atoms with Crippen molar-refractivity contribution in [1.29, 1.82) is 0 Å². The number of likely N-dealkylation sites (tertiary alicyclic amines) is 1. The Hall–Kier alpha value is -0.940. The molecule has 0 saturated carbocycles. The van der Waals surface area contributed by atoms with Crippen molar-refractivity contribution in [2.45, 2.75) is 30.9 Å². The van der Waals surface area contributed by atoms with Crippen LogP contribution < -0.4 is 0 Å². The van der Waals surface area contributed by atoms with Crippen molar-refractivity contribution in [2.24, 2.45) is 5.92 Å². The van der Waals surface area contributed by atoms with E-state index in [0.29, 0.717) is 12.3 Å². The number of aliphatic hydroxyl groups excluding tert-OH is 1. The second kappa shape index (κ2) is 5.80. The van der Waals surface area contributed by atoms with Gasteiger partial charge in [-0.1, -0.05) is 11.8 Å². The summed E-state index contributed by atoms with van der Waals surface area (Å²) >= 11 is 1.48. The van der Waals surface area contributed by atoms with Gasteiger partial charge in [-0.2, -0.15) is 0 Å². The monoisotopic (exact) mass is 269 g/mol. The summed E-state index contributed by atoms with van der Waals surface area (Å²) in [5, 5.41) is 9.98. The zero-order valence-corrected chi connectivity index (χ0v) is 11.6. The predicted molar refractivity (Wildman–Crippen MR) is 70.8 cm³/mol. The van der Waals surface area contributed by atoms with Gasteiger partial charge in [0.15, 0.2) is 10.9 Å². The van der Waals surface area contributed by atoms with Crippen LogP contribution in [0.4, 0.5) is 0 Å². The molecule has 1 aromatic rings. The second-order valence-electron chi connectivity index (χ2n) is 4.76. The smallest absolute Gasteiger partial charge is 0.289 e. The van der Waals surface area contributed by atoms with E-state index < -0.39 is 0 Å². The number of nitrogens with zero attached hydrogens (tertiary/aromatic N) is 1. The average Bonchev–Trinajstić information content (AvgIpc) is 2.87. The van der Waals surface area contributed by atoms with Crippen LogP contribution in [0.2, 0.25) is 0 Å². The van der Waals surface area contributed by atoms with E-state index in [9.17, 15) is 9.90 Å². The molecule has 0 radical (unpaired) electrons. The minimum absolute atomic E-state index is 0.0686. The lowest BCUT2D eigenvalue weighted by Gasteiger charge is -2.36. The Morgan fingerprint density at radius 3 is 2.94 bits per heavy atom. The molecule has 2 heterocycles. The van der Waals surface area contributed by atoms with Crippen molar-refractivity contribution in [2.75, 3.05) is 19.4 Å². The average molecular weight is 269 g/mol. The van der Waals surface area contributed by atoms with Gasteiger partial charge < -0.3 is 14.4 Å². The van der Waals surface area contributed by atoms with Crippen LogP contribution in [0, 0.1) is 5.92 Å². The molecule has 1 amide bonds. The van der Waals surface area contributed by atoms with Gasteiger partial charge in [0.1, 0.15) is 0 Å². The molecule has 0 bridgehead atoms. The normalized spacial score (nSPS) is 24.3. The van der Waals surface area contributed by atoms with Crippen molar-refractivity contribution in [1.82, 2.24) is 4.90 Å². The first-order valence-corrected chi connectivity index (χ1v) is 7.43. The molecule has 1 aliphatic rings. The standard InChI is InChI=1S/C13H19NO3S/c1-9-3-4-10(8-15)7-14(9)13(16)11-5-6-12(17-11)18-2/h5-6,9-10,15H,3-4,7-8H2,1-2H3. The van der Waals surface area contributed by atoms with Crippen LogP contribution in [0.15, 0.2) is 21.6 Å². The van der Waals surface area contributed by atoms with Crippen molar-refractivity contribution < 1.29 is 14.3 Å². The number of carbonyl (C=O) groups excluding carboxylic acids is 1.